The highest BCUT2D eigenvalue weighted by atomic mass is 32.1. The maximum absolute atomic E-state index is 11.9. The predicted molar refractivity (Wildman–Crippen MR) is 51.5 cm³/mol. The number of aromatic carboxylic acids is 1. The fourth-order valence-corrected chi connectivity index (χ4v) is 1.96. The number of hydrogen-bond acceptors (Lipinski definition) is 3. The molecule has 1 rings (SSSR count). The van der Waals surface area contributed by atoms with Crippen molar-refractivity contribution >= 4 is 17.3 Å². The Labute approximate surface area is 93.1 Å². The van der Waals surface area contributed by atoms with Crippen molar-refractivity contribution in [3.05, 3.63) is 21.9 Å². The van der Waals surface area contributed by atoms with Gasteiger partial charge in [0.2, 0.25) is 0 Å². The Hall–Kier alpha value is -1.08. The smallest absolute Gasteiger partial charge is 0.389 e. The molecule has 0 aliphatic carbocycles. The fraction of sp³-hybridized carbons (Fsp3) is 0.444. The van der Waals surface area contributed by atoms with Gasteiger partial charge in [-0.15, -0.1) is 11.3 Å². The first-order valence-electron chi connectivity index (χ1n) is 4.37. The third kappa shape index (κ3) is 3.82. The van der Waals surface area contributed by atoms with Gasteiger partial charge in [-0.05, 0) is 18.6 Å². The summed E-state index contributed by atoms with van der Waals surface area (Å²) in [6.45, 7) is 0. The minimum absolute atomic E-state index is 0.000980. The van der Waals surface area contributed by atoms with Crippen molar-refractivity contribution in [1.29, 1.82) is 0 Å². The summed E-state index contributed by atoms with van der Waals surface area (Å²) < 4.78 is 35.6. The minimum atomic E-state index is -4.31. The topological polar surface area (TPSA) is 57.5 Å². The van der Waals surface area contributed by atoms with Crippen molar-refractivity contribution in [2.24, 2.45) is 0 Å². The summed E-state index contributed by atoms with van der Waals surface area (Å²) in [5.74, 6) is -1.15. The van der Waals surface area contributed by atoms with Crippen molar-refractivity contribution in [3.63, 3.8) is 0 Å². The number of thiophene rings is 1. The number of alkyl halides is 3. The van der Waals surface area contributed by atoms with Gasteiger partial charge < -0.3 is 10.2 Å². The molecule has 0 amide bonds. The summed E-state index contributed by atoms with van der Waals surface area (Å²) >= 11 is 0.783. The zero-order chi connectivity index (χ0) is 12.3. The van der Waals surface area contributed by atoms with Crippen LogP contribution in [-0.4, -0.2) is 22.4 Å². The van der Waals surface area contributed by atoms with Crippen LogP contribution in [0.2, 0.25) is 0 Å². The second kappa shape index (κ2) is 4.84. The van der Waals surface area contributed by atoms with Crippen molar-refractivity contribution in [1.82, 2.24) is 0 Å². The minimum Gasteiger partial charge on any atom is -0.477 e. The van der Waals surface area contributed by atoms with Gasteiger partial charge in [0, 0.05) is 11.3 Å². The van der Waals surface area contributed by atoms with Crippen LogP contribution in [0, 0.1) is 0 Å². The van der Waals surface area contributed by atoms with Crippen LogP contribution in [-0.2, 0) is 0 Å². The molecule has 16 heavy (non-hydrogen) atoms. The quantitative estimate of drug-likeness (QED) is 0.868. The van der Waals surface area contributed by atoms with Crippen LogP contribution in [0.25, 0.3) is 0 Å². The summed E-state index contributed by atoms with van der Waals surface area (Å²) in [7, 11) is 0. The van der Waals surface area contributed by atoms with E-state index in [4.69, 9.17) is 5.11 Å². The Morgan fingerprint density at radius 3 is 2.50 bits per heavy atom. The van der Waals surface area contributed by atoms with E-state index in [1.54, 1.807) is 0 Å². The summed E-state index contributed by atoms with van der Waals surface area (Å²) in [6, 6.07) is 2.59. The molecule has 7 heteroatoms. The third-order valence-electron chi connectivity index (χ3n) is 1.87. The molecule has 0 aliphatic heterocycles. The van der Waals surface area contributed by atoms with Gasteiger partial charge in [0.1, 0.15) is 4.88 Å². The molecule has 1 atom stereocenters. The van der Waals surface area contributed by atoms with Gasteiger partial charge in [0.05, 0.1) is 6.10 Å². The van der Waals surface area contributed by atoms with E-state index >= 15 is 0 Å². The van der Waals surface area contributed by atoms with Gasteiger partial charge in [0.15, 0.2) is 0 Å². The molecule has 1 heterocycles. The zero-order valence-corrected chi connectivity index (χ0v) is 8.81. The van der Waals surface area contributed by atoms with Gasteiger partial charge in [-0.1, -0.05) is 0 Å². The number of hydrogen-bond donors (Lipinski definition) is 2. The highest BCUT2D eigenvalue weighted by molar-refractivity contribution is 7.14. The highest BCUT2D eigenvalue weighted by Crippen LogP contribution is 2.30. The third-order valence-corrected chi connectivity index (χ3v) is 3.04. The molecule has 1 unspecified atom stereocenters. The van der Waals surface area contributed by atoms with Gasteiger partial charge in [0.25, 0.3) is 0 Å². The van der Waals surface area contributed by atoms with Crippen molar-refractivity contribution < 1.29 is 28.2 Å². The molecule has 2 N–H and O–H groups in total. The molecule has 1 aromatic heterocycles. The molecule has 0 radical (unpaired) electrons. The molecule has 1 aromatic rings. The monoisotopic (exact) mass is 254 g/mol. The van der Waals surface area contributed by atoms with Crippen LogP contribution in [0.1, 0.15) is 33.5 Å². The van der Waals surface area contributed by atoms with Crippen LogP contribution in [0.5, 0.6) is 0 Å². The molecule has 0 saturated heterocycles. The summed E-state index contributed by atoms with van der Waals surface area (Å²) in [5, 5.41) is 18.0. The Balaban J connectivity index is 2.59. The van der Waals surface area contributed by atoms with Gasteiger partial charge in [-0.3, -0.25) is 0 Å². The van der Waals surface area contributed by atoms with Crippen LogP contribution in [0.15, 0.2) is 12.1 Å². The number of carboxylic acids is 1. The molecule has 0 aliphatic rings. The van der Waals surface area contributed by atoms with Gasteiger partial charge in [-0.2, -0.15) is 13.2 Å². The van der Waals surface area contributed by atoms with E-state index in [-0.39, 0.29) is 9.75 Å². The molecular formula is C9H9F3O3S. The van der Waals surface area contributed by atoms with Crippen molar-refractivity contribution in [2.45, 2.75) is 25.1 Å². The van der Waals surface area contributed by atoms with Crippen LogP contribution < -0.4 is 0 Å². The lowest BCUT2D eigenvalue weighted by atomic mass is 10.1. The Kier molecular flexibility index (Phi) is 3.93. The molecule has 0 fully saturated rings. The summed E-state index contributed by atoms with van der Waals surface area (Å²) in [4.78, 5) is 10.7. The Morgan fingerprint density at radius 2 is 2.06 bits per heavy atom. The molecule has 0 saturated carbocycles. The van der Waals surface area contributed by atoms with Crippen LogP contribution in [0.4, 0.5) is 13.2 Å². The number of carbonyl (C=O) groups is 1. The molecule has 0 aromatic carbocycles. The standard InChI is InChI=1S/C9H9F3O3S/c10-9(11,12)4-3-5(13)6-1-2-7(16-6)8(14)15/h1-2,5,13H,3-4H2,(H,14,15). The van der Waals surface area contributed by atoms with E-state index in [0.29, 0.717) is 0 Å². The molecule has 0 bridgehead atoms. The summed E-state index contributed by atoms with van der Waals surface area (Å²) in [5.41, 5.74) is 0. The normalized spacial score (nSPS) is 13.8. The first-order valence-corrected chi connectivity index (χ1v) is 5.19. The van der Waals surface area contributed by atoms with Crippen molar-refractivity contribution in [3.8, 4) is 0 Å². The Morgan fingerprint density at radius 1 is 1.44 bits per heavy atom. The second-order valence-corrected chi connectivity index (χ2v) is 4.29. The Bertz CT molecular complexity index is 372. The van der Waals surface area contributed by atoms with E-state index < -0.39 is 31.1 Å². The van der Waals surface area contributed by atoms with E-state index in [1.807, 2.05) is 0 Å². The van der Waals surface area contributed by atoms with Gasteiger partial charge >= 0.3 is 12.1 Å². The lowest BCUT2D eigenvalue weighted by molar-refractivity contribution is -0.140. The first-order chi connectivity index (χ1) is 7.29. The number of rotatable bonds is 4. The number of aliphatic hydroxyl groups is 1. The SMILES string of the molecule is O=C(O)c1ccc(C(O)CCC(F)(F)F)s1. The molecular weight excluding hydrogens is 245 g/mol. The number of aliphatic hydroxyl groups excluding tert-OH is 1. The zero-order valence-electron chi connectivity index (χ0n) is 7.99. The molecule has 90 valence electrons. The predicted octanol–water partition coefficient (Wildman–Crippen LogP) is 2.82. The lowest BCUT2D eigenvalue weighted by Crippen LogP contribution is -2.09. The van der Waals surface area contributed by atoms with E-state index in [9.17, 15) is 23.1 Å². The summed E-state index contributed by atoms with van der Waals surface area (Å²) in [6.07, 6.45) is -7.12. The molecule has 0 spiro atoms. The fourth-order valence-electron chi connectivity index (χ4n) is 1.09. The van der Waals surface area contributed by atoms with E-state index in [1.165, 1.54) is 12.1 Å². The van der Waals surface area contributed by atoms with E-state index in [2.05, 4.69) is 0 Å². The highest BCUT2D eigenvalue weighted by Gasteiger charge is 2.28. The second-order valence-electron chi connectivity index (χ2n) is 3.18. The van der Waals surface area contributed by atoms with Crippen LogP contribution >= 0.6 is 11.3 Å². The van der Waals surface area contributed by atoms with E-state index in [0.717, 1.165) is 11.3 Å². The molecule has 3 nitrogen and oxygen atoms in total. The average molecular weight is 254 g/mol. The van der Waals surface area contributed by atoms with Gasteiger partial charge in [-0.25, -0.2) is 4.79 Å². The number of halogens is 3. The average Bonchev–Trinajstić information content (AvgIpc) is 2.61. The maximum Gasteiger partial charge on any atom is 0.389 e. The first kappa shape index (κ1) is 13.0. The number of carboxylic acid groups (broad SMARTS) is 1. The van der Waals surface area contributed by atoms with Crippen molar-refractivity contribution in [2.75, 3.05) is 0 Å². The maximum atomic E-state index is 11.9. The largest absolute Gasteiger partial charge is 0.477 e. The lowest BCUT2D eigenvalue weighted by Gasteiger charge is -2.10. The van der Waals surface area contributed by atoms with Crippen LogP contribution in [0.3, 0.4) is 0 Å².